The summed E-state index contributed by atoms with van der Waals surface area (Å²) in [4.78, 5) is 10.3. The molecule has 19 heteroatoms. The van der Waals surface area contributed by atoms with Gasteiger partial charge in [-0.25, -0.2) is 9.97 Å². The number of nitrogens with zero attached hydrogens (tertiary/aromatic N) is 4. The van der Waals surface area contributed by atoms with Crippen LogP contribution in [0.1, 0.15) is 0 Å². The Morgan fingerprint density at radius 3 is 1.19 bits per heavy atom. The minimum absolute atomic E-state index is 0.00147. The molecular weight excluding hydrogens is 747 g/mol. The van der Waals surface area contributed by atoms with Crippen molar-refractivity contribution in [3.8, 4) is 34.0 Å². The van der Waals surface area contributed by atoms with Gasteiger partial charge in [-0.15, -0.1) is 32.8 Å². The Hall–Kier alpha value is -5.55. The van der Waals surface area contributed by atoms with Crippen molar-refractivity contribution >= 4 is 254 Å². The standard InChI is InChI=1S/C44H13B15N4/c45-23-19-20-24(46)28(50)31(53)34(56)40(20)62(39(19)33(55)30(52)27(23)49)43-26(48)22-21-25(47)29(51)32(54)35(57)41(21)63(42(22)36(58)37(43)59)44-60-18-9-5-4-8-17(18)38(61-44)16-12-10-15(11-13-16)14-6-2-1-3-7-14/h1-13H. The number of benzene rings is 7. The van der Waals surface area contributed by atoms with Crippen molar-refractivity contribution in [2.45, 2.75) is 0 Å². The smallest absolute Gasteiger partial charge is 0.235 e. The third-order valence-electron chi connectivity index (χ3n) is 12.1. The van der Waals surface area contributed by atoms with Gasteiger partial charge in [-0.3, -0.25) is 4.57 Å². The molecule has 0 atom stereocenters. The number of hydrogen-bond donors (Lipinski definition) is 0. The zero-order valence-electron chi connectivity index (χ0n) is 33.5. The van der Waals surface area contributed by atoms with E-state index in [-0.39, 0.29) is 137 Å². The maximum Gasteiger partial charge on any atom is 0.235 e. The first kappa shape index (κ1) is 41.5. The van der Waals surface area contributed by atoms with E-state index in [0.717, 1.165) is 22.1 Å². The highest BCUT2D eigenvalue weighted by atomic mass is 15.2. The summed E-state index contributed by atoms with van der Waals surface area (Å²) >= 11 is 0. The largest absolute Gasteiger partial charge is 0.312 e. The minimum Gasteiger partial charge on any atom is -0.312 e. The van der Waals surface area contributed by atoms with E-state index in [1.54, 1.807) is 9.13 Å². The maximum atomic E-state index is 7.38. The Kier molecular flexibility index (Phi) is 9.71. The molecule has 10 rings (SSSR count). The Morgan fingerprint density at radius 2 is 0.683 bits per heavy atom. The van der Waals surface area contributed by atoms with Gasteiger partial charge >= 0.3 is 0 Å². The highest BCUT2D eigenvalue weighted by molar-refractivity contribution is 6.73. The van der Waals surface area contributed by atoms with Gasteiger partial charge in [0, 0.05) is 44.1 Å². The van der Waals surface area contributed by atoms with E-state index in [1.807, 2.05) is 78.9 Å². The second-order valence-electron chi connectivity index (χ2n) is 15.5. The van der Waals surface area contributed by atoms with E-state index in [1.165, 1.54) is 0 Å². The van der Waals surface area contributed by atoms with Crippen molar-refractivity contribution in [1.82, 2.24) is 19.1 Å². The fourth-order valence-electron chi connectivity index (χ4n) is 8.89. The van der Waals surface area contributed by atoms with E-state index in [0.29, 0.717) is 11.2 Å². The van der Waals surface area contributed by atoms with E-state index in [4.69, 9.17) is 128 Å². The number of aromatic nitrogens is 4. The second kappa shape index (κ2) is 14.8. The van der Waals surface area contributed by atoms with Crippen LogP contribution in [0.5, 0.6) is 0 Å². The molecule has 63 heavy (non-hydrogen) atoms. The second-order valence-corrected chi connectivity index (χ2v) is 15.5. The lowest BCUT2D eigenvalue weighted by molar-refractivity contribution is 1.02. The third-order valence-corrected chi connectivity index (χ3v) is 12.1. The molecule has 0 spiro atoms. The lowest BCUT2D eigenvalue weighted by Gasteiger charge is -2.24. The number of fused-ring (bicyclic) bond motifs is 7. The lowest BCUT2D eigenvalue weighted by Crippen LogP contribution is -2.49. The van der Waals surface area contributed by atoms with Crippen LogP contribution in [0.2, 0.25) is 0 Å². The molecule has 0 bridgehead atoms. The first-order chi connectivity index (χ1) is 30.1. The van der Waals surface area contributed by atoms with Crippen LogP contribution in [0, 0.1) is 0 Å². The maximum absolute atomic E-state index is 7.38. The molecule has 4 nitrogen and oxygen atoms in total. The molecule has 3 heterocycles. The summed E-state index contributed by atoms with van der Waals surface area (Å²) < 4.78 is 3.18. The van der Waals surface area contributed by atoms with Gasteiger partial charge in [0.05, 0.1) is 11.2 Å². The molecule has 30 radical (unpaired) electrons. The van der Waals surface area contributed by atoms with Crippen LogP contribution in [-0.4, -0.2) is 137 Å². The Bertz CT molecular complexity index is 3600. The van der Waals surface area contributed by atoms with Crippen molar-refractivity contribution in [1.29, 1.82) is 0 Å². The first-order valence-corrected chi connectivity index (χ1v) is 19.4. The molecule has 0 unspecified atom stereocenters. The average molecular weight is 760 g/mol. The zero-order valence-corrected chi connectivity index (χ0v) is 33.5. The molecule has 3 aromatic heterocycles. The van der Waals surface area contributed by atoms with Crippen molar-refractivity contribution < 1.29 is 0 Å². The predicted molar refractivity (Wildman–Crippen MR) is 280 cm³/mol. The van der Waals surface area contributed by atoms with Crippen LogP contribution in [0.3, 0.4) is 0 Å². The van der Waals surface area contributed by atoms with E-state index >= 15 is 0 Å². The molecule has 254 valence electrons. The van der Waals surface area contributed by atoms with Gasteiger partial charge in [0.25, 0.3) is 0 Å². The Labute approximate surface area is 384 Å². The van der Waals surface area contributed by atoms with E-state index in [2.05, 4.69) is 0 Å². The summed E-state index contributed by atoms with van der Waals surface area (Å²) in [5.41, 5.74) is 5.17. The zero-order chi connectivity index (χ0) is 44.7. The van der Waals surface area contributed by atoms with Crippen molar-refractivity contribution in [3.05, 3.63) is 78.9 Å². The van der Waals surface area contributed by atoms with Crippen LogP contribution < -0.4 is 81.9 Å². The third kappa shape index (κ3) is 5.69. The highest BCUT2D eigenvalue weighted by Gasteiger charge is 2.29. The van der Waals surface area contributed by atoms with Gasteiger partial charge in [0.1, 0.15) is 118 Å². The molecule has 0 fully saturated rings. The molecule has 7 aromatic carbocycles. The molecule has 0 aliphatic heterocycles. The molecule has 0 amide bonds. The molecule has 0 saturated heterocycles. The number of hydrogen-bond acceptors (Lipinski definition) is 2. The normalized spacial score (nSPS) is 11.8. The molecule has 0 N–H and O–H groups in total. The van der Waals surface area contributed by atoms with Gasteiger partial charge < -0.3 is 4.57 Å². The molecular formula is C44H13B15N4. The van der Waals surface area contributed by atoms with Crippen molar-refractivity contribution in [2.24, 2.45) is 0 Å². The van der Waals surface area contributed by atoms with Crippen molar-refractivity contribution in [2.75, 3.05) is 0 Å². The summed E-state index contributed by atoms with van der Waals surface area (Å²) in [5.74, 6) is 0.141. The van der Waals surface area contributed by atoms with Crippen LogP contribution in [0.4, 0.5) is 0 Å². The van der Waals surface area contributed by atoms with Gasteiger partial charge in [0.15, 0.2) is 0 Å². The van der Waals surface area contributed by atoms with Crippen LogP contribution in [0.15, 0.2) is 78.9 Å². The first-order valence-electron chi connectivity index (χ1n) is 19.4. The van der Waals surface area contributed by atoms with Gasteiger partial charge in [-0.05, 0) is 33.4 Å². The number of para-hydroxylation sites is 1. The fourth-order valence-corrected chi connectivity index (χ4v) is 8.89. The summed E-state index contributed by atoms with van der Waals surface area (Å²) in [5, 5.41) is 1.84. The van der Waals surface area contributed by atoms with Gasteiger partial charge in [-0.1, -0.05) is 122 Å². The van der Waals surface area contributed by atoms with E-state index in [9.17, 15) is 0 Å². The lowest BCUT2D eigenvalue weighted by atomic mass is 9.63. The molecule has 0 aliphatic carbocycles. The molecule has 10 aromatic rings. The Balaban J connectivity index is 1.37. The van der Waals surface area contributed by atoms with Gasteiger partial charge in [-0.2, -0.15) is 0 Å². The monoisotopic (exact) mass is 762 g/mol. The van der Waals surface area contributed by atoms with Crippen molar-refractivity contribution in [3.63, 3.8) is 0 Å². The fraction of sp³-hybridized carbons (Fsp3) is 0. The number of rotatable bonds is 4. The quantitative estimate of drug-likeness (QED) is 0.168. The Morgan fingerprint density at radius 1 is 0.302 bits per heavy atom. The minimum atomic E-state index is -0.0554. The van der Waals surface area contributed by atoms with Crippen LogP contribution in [0.25, 0.3) is 88.5 Å². The topological polar surface area (TPSA) is 35.6 Å². The summed E-state index contributed by atoms with van der Waals surface area (Å²) in [6, 6.07) is 25.7. The van der Waals surface area contributed by atoms with Crippen LogP contribution in [-0.2, 0) is 0 Å². The highest BCUT2D eigenvalue weighted by Crippen LogP contribution is 2.34. The average Bonchev–Trinajstić information content (AvgIpc) is 3.85. The van der Waals surface area contributed by atoms with Gasteiger partial charge in [0.2, 0.25) is 5.95 Å². The summed E-state index contributed by atoms with van der Waals surface area (Å²) in [7, 11) is 101. The summed E-state index contributed by atoms with van der Waals surface area (Å²) in [6.45, 7) is 0. The van der Waals surface area contributed by atoms with E-state index < -0.39 is 0 Å². The van der Waals surface area contributed by atoms with Crippen LogP contribution >= 0.6 is 0 Å². The predicted octanol–water partition coefficient (Wildman–Crippen LogP) is -6.94. The summed E-state index contributed by atoms with van der Waals surface area (Å²) in [6.07, 6.45) is 0. The SMILES string of the molecule is [B]c1c([B])c([B])c2c(c1[B])c1c([B])c(-n3c4c([B])c([B])c([B])c([B])c4c4c([B])c([B])c([B])c([B])c43)c([B])c([B])c1n2-c1nc(-c2ccc(-c3ccccc3)cc2)c2ccccc2n1. The molecule has 0 aliphatic rings. The molecule has 0 saturated carbocycles.